The fraction of sp³-hybridized carbons (Fsp3) is 0.381. The Hall–Kier alpha value is -2.17. The fourth-order valence-corrected chi connectivity index (χ4v) is 2.47. The summed E-state index contributed by atoms with van der Waals surface area (Å²) in [4.78, 5) is 17.9. The standard InChI is InChI=1S/C21H28N2O2/c1-21(2,3)22-20(24)14-15-25-23(16-18-10-6-4-7-11-18)17-19-12-8-5-9-13-19/h4-13H,14-17H2,1-3H3,(H,22,24). The van der Waals surface area contributed by atoms with E-state index in [1.54, 1.807) is 0 Å². The number of carbonyl (C=O) groups is 1. The van der Waals surface area contributed by atoms with Crippen LogP contribution in [0.25, 0.3) is 0 Å². The van der Waals surface area contributed by atoms with Gasteiger partial charge >= 0.3 is 0 Å². The number of hydrogen-bond acceptors (Lipinski definition) is 3. The third kappa shape index (κ3) is 7.96. The number of hydrogen-bond donors (Lipinski definition) is 1. The first kappa shape index (κ1) is 19.2. The van der Waals surface area contributed by atoms with Crippen molar-refractivity contribution >= 4 is 5.91 Å². The van der Waals surface area contributed by atoms with E-state index in [0.717, 1.165) is 0 Å². The number of carbonyl (C=O) groups excluding carboxylic acids is 1. The second-order valence-corrected chi connectivity index (χ2v) is 7.15. The Bertz CT molecular complexity index is 594. The molecule has 134 valence electrons. The molecule has 0 saturated carbocycles. The highest BCUT2D eigenvalue weighted by molar-refractivity contribution is 5.76. The van der Waals surface area contributed by atoms with Crippen LogP contribution in [-0.4, -0.2) is 23.1 Å². The molecular weight excluding hydrogens is 312 g/mol. The molecule has 0 aliphatic heterocycles. The van der Waals surface area contributed by atoms with Gasteiger partial charge in [0.2, 0.25) is 5.91 Å². The Kier molecular flexibility index (Phi) is 7.16. The van der Waals surface area contributed by atoms with Crippen molar-refractivity contribution in [2.45, 2.75) is 45.8 Å². The monoisotopic (exact) mass is 340 g/mol. The molecule has 2 aromatic carbocycles. The second kappa shape index (κ2) is 9.35. The summed E-state index contributed by atoms with van der Waals surface area (Å²) in [5, 5.41) is 4.87. The first-order chi connectivity index (χ1) is 11.9. The fourth-order valence-electron chi connectivity index (χ4n) is 2.47. The van der Waals surface area contributed by atoms with Crippen LogP contribution in [0.1, 0.15) is 38.3 Å². The van der Waals surface area contributed by atoms with Gasteiger partial charge in [0, 0.05) is 18.6 Å². The first-order valence-electron chi connectivity index (χ1n) is 8.69. The summed E-state index contributed by atoms with van der Waals surface area (Å²) in [7, 11) is 0. The van der Waals surface area contributed by atoms with Crippen molar-refractivity contribution in [1.29, 1.82) is 0 Å². The zero-order chi connectivity index (χ0) is 18.1. The molecule has 0 atom stereocenters. The normalized spacial score (nSPS) is 11.5. The topological polar surface area (TPSA) is 41.6 Å². The van der Waals surface area contributed by atoms with Crippen LogP contribution >= 0.6 is 0 Å². The van der Waals surface area contributed by atoms with Gasteiger partial charge in [-0.2, -0.15) is 5.06 Å². The molecule has 0 saturated heterocycles. The van der Waals surface area contributed by atoms with Gasteiger partial charge in [0.05, 0.1) is 13.0 Å². The lowest BCUT2D eigenvalue weighted by Crippen LogP contribution is -2.41. The molecule has 0 unspecified atom stereocenters. The second-order valence-electron chi connectivity index (χ2n) is 7.15. The average Bonchev–Trinajstić information content (AvgIpc) is 2.55. The highest BCUT2D eigenvalue weighted by Crippen LogP contribution is 2.11. The number of nitrogens with one attached hydrogen (secondary N) is 1. The average molecular weight is 340 g/mol. The lowest BCUT2D eigenvalue weighted by molar-refractivity contribution is -0.176. The summed E-state index contributed by atoms with van der Waals surface area (Å²) in [6.07, 6.45) is 0.345. The van der Waals surface area contributed by atoms with Crippen LogP contribution in [0.2, 0.25) is 0 Å². The maximum atomic E-state index is 11.9. The molecule has 4 nitrogen and oxygen atoms in total. The van der Waals surface area contributed by atoms with Crippen LogP contribution < -0.4 is 5.32 Å². The molecule has 0 spiro atoms. The van der Waals surface area contributed by atoms with E-state index in [1.807, 2.05) is 62.2 Å². The lowest BCUT2D eigenvalue weighted by Gasteiger charge is -2.23. The van der Waals surface area contributed by atoms with E-state index >= 15 is 0 Å². The van der Waals surface area contributed by atoms with Gasteiger partial charge in [0.25, 0.3) is 0 Å². The summed E-state index contributed by atoms with van der Waals surface area (Å²) >= 11 is 0. The van der Waals surface area contributed by atoms with Crippen molar-refractivity contribution in [2.75, 3.05) is 6.61 Å². The Balaban J connectivity index is 1.91. The largest absolute Gasteiger partial charge is 0.351 e. The molecule has 0 aromatic heterocycles. The van der Waals surface area contributed by atoms with Crippen molar-refractivity contribution in [2.24, 2.45) is 0 Å². The van der Waals surface area contributed by atoms with E-state index in [2.05, 4.69) is 29.6 Å². The molecule has 0 aliphatic rings. The summed E-state index contributed by atoms with van der Waals surface area (Å²) in [5.74, 6) is 0.00636. The number of rotatable bonds is 8. The minimum Gasteiger partial charge on any atom is -0.351 e. The van der Waals surface area contributed by atoms with Crippen molar-refractivity contribution in [3.63, 3.8) is 0 Å². The van der Waals surface area contributed by atoms with E-state index in [9.17, 15) is 4.79 Å². The van der Waals surface area contributed by atoms with E-state index in [-0.39, 0.29) is 11.4 Å². The minimum absolute atomic E-state index is 0.00636. The molecule has 2 rings (SSSR count). The molecule has 2 aromatic rings. The van der Waals surface area contributed by atoms with Gasteiger partial charge < -0.3 is 5.32 Å². The third-order valence-corrected chi connectivity index (χ3v) is 3.52. The van der Waals surface area contributed by atoms with Crippen molar-refractivity contribution in [1.82, 2.24) is 10.4 Å². The molecule has 4 heteroatoms. The van der Waals surface area contributed by atoms with Gasteiger partial charge in [0.1, 0.15) is 0 Å². The van der Waals surface area contributed by atoms with Crippen molar-refractivity contribution in [3.05, 3.63) is 71.8 Å². The van der Waals surface area contributed by atoms with E-state index in [0.29, 0.717) is 26.1 Å². The van der Waals surface area contributed by atoms with Crippen LogP contribution in [0, 0.1) is 0 Å². The van der Waals surface area contributed by atoms with Crippen LogP contribution in [0.15, 0.2) is 60.7 Å². The van der Waals surface area contributed by atoms with Gasteiger partial charge in [0.15, 0.2) is 0 Å². The Morgan fingerprint density at radius 2 is 1.40 bits per heavy atom. The molecule has 0 heterocycles. The SMILES string of the molecule is CC(C)(C)NC(=O)CCON(Cc1ccccc1)Cc1ccccc1. The molecule has 1 amide bonds. The van der Waals surface area contributed by atoms with Crippen molar-refractivity contribution in [3.8, 4) is 0 Å². The summed E-state index contributed by atoms with van der Waals surface area (Å²) in [5.41, 5.74) is 2.14. The number of nitrogens with zero attached hydrogens (tertiary/aromatic N) is 1. The molecule has 0 fully saturated rings. The van der Waals surface area contributed by atoms with Crippen LogP contribution in [0.5, 0.6) is 0 Å². The molecule has 0 radical (unpaired) electrons. The van der Waals surface area contributed by atoms with Gasteiger partial charge in [-0.25, -0.2) is 0 Å². The maximum Gasteiger partial charge on any atom is 0.222 e. The van der Waals surface area contributed by atoms with E-state index in [1.165, 1.54) is 11.1 Å². The Morgan fingerprint density at radius 3 is 1.84 bits per heavy atom. The van der Waals surface area contributed by atoms with E-state index < -0.39 is 0 Å². The van der Waals surface area contributed by atoms with Gasteiger partial charge in [-0.1, -0.05) is 60.7 Å². The van der Waals surface area contributed by atoms with Crippen LogP contribution in [0.4, 0.5) is 0 Å². The smallest absolute Gasteiger partial charge is 0.222 e. The highest BCUT2D eigenvalue weighted by atomic mass is 16.7. The first-order valence-corrected chi connectivity index (χ1v) is 8.69. The van der Waals surface area contributed by atoms with Gasteiger partial charge in [-0.05, 0) is 31.9 Å². The van der Waals surface area contributed by atoms with Gasteiger partial charge in [-0.3, -0.25) is 9.63 Å². The maximum absolute atomic E-state index is 11.9. The number of hydroxylamine groups is 2. The quantitative estimate of drug-likeness (QED) is 0.741. The number of amides is 1. The molecule has 25 heavy (non-hydrogen) atoms. The van der Waals surface area contributed by atoms with Crippen LogP contribution in [0.3, 0.4) is 0 Å². The minimum atomic E-state index is -0.217. The zero-order valence-electron chi connectivity index (χ0n) is 15.4. The summed E-state index contributed by atoms with van der Waals surface area (Å²) in [6.45, 7) is 7.64. The molecule has 0 bridgehead atoms. The highest BCUT2D eigenvalue weighted by Gasteiger charge is 2.14. The third-order valence-electron chi connectivity index (χ3n) is 3.52. The van der Waals surface area contributed by atoms with Crippen LogP contribution in [-0.2, 0) is 22.7 Å². The van der Waals surface area contributed by atoms with E-state index in [4.69, 9.17) is 4.84 Å². The molecular formula is C21H28N2O2. The van der Waals surface area contributed by atoms with Crippen molar-refractivity contribution < 1.29 is 9.63 Å². The Morgan fingerprint density at radius 1 is 0.920 bits per heavy atom. The predicted octanol–water partition coefficient (Wildman–Crippen LogP) is 3.93. The lowest BCUT2D eigenvalue weighted by atomic mass is 10.1. The summed E-state index contributed by atoms with van der Waals surface area (Å²) in [6, 6.07) is 20.4. The molecule has 0 aliphatic carbocycles. The van der Waals surface area contributed by atoms with Gasteiger partial charge in [-0.15, -0.1) is 0 Å². The summed E-state index contributed by atoms with van der Waals surface area (Å²) < 4.78 is 0. The Labute approximate surface area is 150 Å². The number of benzene rings is 2. The predicted molar refractivity (Wildman–Crippen MR) is 101 cm³/mol. The zero-order valence-corrected chi connectivity index (χ0v) is 15.4. The molecule has 1 N–H and O–H groups in total.